The molecule has 25 heavy (non-hydrogen) atoms. The van der Waals surface area contributed by atoms with Crippen molar-refractivity contribution in [1.82, 2.24) is 0 Å². The highest BCUT2D eigenvalue weighted by Crippen LogP contribution is 2.36. The molecule has 0 spiro atoms. The van der Waals surface area contributed by atoms with Gasteiger partial charge in [0.2, 0.25) is 0 Å². The van der Waals surface area contributed by atoms with Gasteiger partial charge in [0.05, 0.1) is 0 Å². The van der Waals surface area contributed by atoms with E-state index < -0.39 is 11.6 Å². The van der Waals surface area contributed by atoms with E-state index in [0.717, 1.165) is 37.2 Å². The Morgan fingerprint density at radius 1 is 0.840 bits per heavy atom. The highest BCUT2D eigenvalue weighted by atomic mass is 19.2. The molecule has 0 bridgehead atoms. The minimum absolute atomic E-state index is 0.359. The quantitative estimate of drug-likeness (QED) is 0.526. The van der Waals surface area contributed by atoms with Gasteiger partial charge in [-0.1, -0.05) is 37.7 Å². The average molecular weight is 344 g/mol. The minimum atomic E-state index is -0.753. The summed E-state index contributed by atoms with van der Waals surface area (Å²) in [6.45, 7) is 2.28. The van der Waals surface area contributed by atoms with Crippen molar-refractivity contribution in [3.63, 3.8) is 0 Å². The van der Waals surface area contributed by atoms with Gasteiger partial charge in [-0.15, -0.1) is 0 Å². The molecule has 0 aliphatic heterocycles. The lowest BCUT2D eigenvalue weighted by Crippen LogP contribution is -2.15. The highest BCUT2D eigenvalue weighted by molar-refractivity contribution is 5.23. The van der Waals surface area contributed by atoms with Crippen molar-refractivity contribution in [3.05, 3.63) is 35.4 Å². The fourth-order valence-corrected chi connectivity index (χ4v) is 4.58. The second-order valence-corrected chi connectivity index (χ2v) is 8.02. The molecule has 0 N–H and O–H groups in total. The second-order valence-electron chi connectivity index (χ2n) is 8.02. The Morgan fingerprint density at radius 3 is 2.00 bits per heavy atom. The molecule has 2 aliphatic rings. The van der Waals surface area contributed by atoms with Crippen LogP contribution in [-0.2, 0) is 0 Å². The molecule has 2 aliphatic carbocycles. The van der Waals surface area contributed by atoms with Crippen molar-refractivity contribution >= 4 is 0 Å². The molecule has 0 aromatic heterocycles. The lowest BCUT2D eigenvalue weighted by atomic mass is 9.77. The number of halogens is 2. The lowest BCUT2D eigenvalue weighted by molar-refractivity contribution is 0.299. The molecule has 3 rings (SSSR count). The van der Waals surface area contributed by atoms with Gasteiger partial charge in [0.15, 0.2) is 11.6 Å². The topological polar surface area (TPSA) is 0 Å². The largest absolute Gasteiger partial charge is 0.204 e. The zero-order chi connectivity index (χ0) is 17.6. The molecule has 2 fully saturated rings. The van der Waals surface area contributed by atoms with E-state index >= 15 is 0 Å². The van der Waals surface area contributed by atoms with Gasteiger partial charge >= 0.3 is 0 Å². The first kappa shape index (κ1) is 18.4. The maximum absolute atomic E-state index is 13.4. The molecule has 136 valence electrons. The Bertz CT molecular complexity index is 609. The summed E-state index contributed by atoms with van der Waals surface area (Å²) < 4.78 is 26.5. The van der Waals surface area contributed by atoms with Gasteiger partial charge < -0.3 is 0 Å². The molecule has 0 heterocycles. The van der Waals surface area contributed by atoms with Crippen LogP contribution in [0.2, 0.25) is 0 Å². The third-order valence-electron chi connectivity index (χ3n) is 6.18. The molecule has 0 amide bonds. The predicted octanol–water partition coefficient (Wildman–Crippen LogP) is 6.85. The van der Waals surface area contributed by atoms with Crippen LogP contribution in [0.15, 0.2) is 18.2 Å². The van der Waals surface area contributed by atoms with E-state index in [2.05, 4.69) is 18.8 Å². The zero-order valence-electron chi connectivity index (χ0n) is 15.4. The number of benzene rings is 1. The molecular formula is C23H30F2. The fourth-order valence-electron chi connectivity index (χ4n) is 4.58. The molecular weight excluding hydrogens is 314 g/mol. The summed E-state index contributed by atoms with van der Waals surface area (Å²) in [6, 6.07) is 4.37. The summed E-state index contributed by atoms with van der Waals surface area (Å²) in [5, 5.41) is 0. The Morgan fingerprint density at radius 2 is 1.44 bits per heavy atom. The molecule has 0 unspecified atom stereocenters. The van der Waals surface area contributed by atoms with E-state index in [9.17, 15) is 8.78 Å². The standard InChI is InChI=1S/C23H30F2/c1-2-3-17-4-6-18(7-5-17)8-9-19-10-12-20(13-11-19)21-14-15-22(24)23(25)16-21/h14-20H,2-7,10-13H2,1H3/t17-,18-,19-,20-. The van der Waals surface area contributed by atoms with Crippen molar-refractivity contribution in [2.24, 2.45) is 17.8 Å². The first-order valence-electron chi connectivity index (χ1n) is 10.1. The third-order valence-corrected chi connectivity index (χ3v) is 6.18. The van der Waals surface area contributed by atoms with E-state index in [1.807, 2.05) is 0 Å². The number of hydrogen-bond donors (Lipinski definition) is 0. The predicted molar refractivity (Wildman–Crippen MR) is 99.2 cm³/mol. The van der Waals surface area contributed by atoms with Crippen molar-refractivity contribution in [2.75, 3.05) is 0 Å². The van der Waals surface area contributed by atoms with Crippen LogP contribution in [0.1, 0.15) is 82.6 Å². The summed E-state index contributed by atoms with van der Waals surface area (Å²) in [6.07, 6.45) is 12.2. The van der Waals surface area contributed by atoms with E-state index in [1.165, 1.54) is 50.7 Å². The maximum atomic E-state index is 13.4. The normalized spacial score (nSPS) is 29.7. The minimum Gasteiger partial charge on any atom is -0.204 e. The molecule has 0 nitrogen and oxygen atoms in total. The maximum Gasteiger partial charge on any atom is 0.159 e. The third kappa shape index (κ3) is 5.06. The van der Waals surface area contributed by atoms with Gasteiger partial charge in [0.1, 0.15) is 0 Å². The molecule has 0 atom stereocenters. The summed E-state index contributed by atoms with van der Waals surface area (Å²) in [7, 11) is 0. The van der Waals surface area contributed by atoms with Crippen LogP contribution in [0.4, 0.5) is 8.78 Å². The highest BCUT2D eigenvalue weighted by Gasteiger charge is 2.23. The first-order valence-corrected chi connectivity index (χ1v) is 10.1. The Hall–Kier alpha value is -1.36. The smallest absolute Gasteiger partial charge is 0.159 e. The van der Waals surface area contributed by atoms with Crippen molar-refractivity contribution in [1.29, 1.82) is 0 Å². The van der Waals surface area contributed by atoms with E-state index in [1.54, 1.807) is 6.07 Å². The van der Waals surface area contributed by atoms with Gasteiger partial charge in [0.25, 0.3) is 0 Å². The monoisotopic (exact) mass is 344 g/mol. The van der Waals surface area contributed by atoms with Crippen LogP contribution in [0.3, 0.4) is 0 Å². The lowest BCUT2D eigenvalue weighted by Gasteiger charge is -2.27. The number of rotatable bonds is 3. The van der Waals surface area contributed by atoms with Crippen LogP contribution in [-0.4, -0.2) is 0 Å². The van der Waals surface area contributed by atoms with Crippen LogP contribution in [0, 0.1) is 41.2 Å². The molecule has 0 radical (unpaired) electrons. The van der Waals surface area contributed by atoms with Crippen LogP contribution in [0.5, 0.6) is 0 Å². The molecule has 0 saturated heterocycles. The Labute approximate surface area is 151 Å². The molecule has 2 heteroatoms. The van der Waals surface area contributed by atoms with Gasteiger partial charge in [0, 0.05) is 11.8 Å². The van der Waals surface area contributed by atoms with Crippen LogP contribution < -0.4 is 0 Å². The molecule has 2 saturated carbocycles. The van der Waals surface area contributed by atoms with E-state index in [-0.39, 0.29) is 0 Å². The van der Waals surface area contributed by atoms with Gasteiger partial charge in [-0.05, 0) is 80.9 Å². The van der Waals surface area contributed by atoms with Gasteiger partial charge in [-0.2, -0.15) is 0 Å². The fraction of sp³-hybridized carbons (Fsp3) is 0.652. The first-order chi connectivity index (χ1) is 12.2. The number of hydrogen-bond acceptors (Lipinski definition) is 0. The van der Waals surface area contributed by atoms with Crippen molar-refractivity contribution < 1.29 is 8.78 Å². The SMILES string of the molecule is CCC[C@H]1CC[C@H](C#C[C@H]2CC[C@H](c3ccc(F)c(F)c3)CC2)CC1. The van der Waals surface area contributed by atoms with Gasteiger partial charge in [-0.25, -0.2) is 8.78 Å². The summed E-state index contributed by atoms with van der Waals surface area (Å²) in [5.41, 5.74) is 0.944. The van der Waals surface area contributed by atoms with Crippen molar-refractivity contribution in [3.8, 4) is 11.8 Å². The van der Waals surface area contributed by atoms with Crippen LogP contribution >= 0.6 is 0 Å². The molecule has 1 aromatic carbocycles. The zero-order valence-corrected chi connectivity index (χ0v) is 15.4. The van der Waals surface area contributed by atoms with Crippen LogP contribution in [0.25, 0.3) is 0 Å². The average Bonchev–Trinajstić information content (AvgIpc) is 2.64. The van der Waals surface area contributed by atoms with E-state index in [4.69, 9.17) is 0 Å². The second kappa shape index (κ2) is 8.84. The van der Waals surface area contributed by atoms with E-state index in [0.29, 0.717) is 17.8 Å². The van der Waals surface area contributed by atoms with Crippen molar-refractivity contribution in [2.45, 2.75) is 77.0 Å². The summed E-state index contributed by atoms with van der Waals surface area (Å²) in [4.78, 5) is 0. The summed E-state index contributed by atoms with van der Waals surface area (Å²) in [5.74, 6) is 8.04. The summed E-state index contributed by atoms with van der Waals surface area (Å²) >= 11 is 0. The van der Waals surface area contributed by atoms with Gasteiger partial charge in [-0.3, -0.25) is 0 Å². The Balaban J connectivity index is 1.46. The Kier molecular flexibility index (Phi) is 6.51. The molecule has 1 aromatic rings.